The van der Waals surface area contributed by atoms with Crippen molar-refractivity contribution in [3.8, 4) is 61.3 Å². The molecule has 4 heteroatoms. The van der Waals surface area contributed by atoms with Crippen LogP contribution in [0.4, 0.5) is 22.7 Å². The molecule has 1 aromatic heterocycles. The molecule has 16 aromatic carbocycles. The van der Waals surface area contributed by atoms with Gasteiger partial charge in [-0.3, -0.25) is 0 Å². The van der Waals surface area contributed by atoms with E-state index in [9.17, 15) is 0 Å². The summed E-state index contributed by atoms with van der Waals surface area (Å²) in [5, 5.41) is 12.9. The van der Waals surface area contributed by atoms with Gasteiger partial charge in [0.05, 0.1) is 11.0 Å². The van der Waals surface area contributed by atoms with Crippen LogP contribution in [-0.4, -0.2) is 24.4 Å². The minimum Gasteiger partial charge on any atom is -0.342 e. The maximum Gasteiger partial charge on any atom is 0.252 e. The number of para-hydroxylation sites is 2. The third-order valence-corrected chi connectivity index (χ3v) is 21.5. The number of nitrogens with zero attached hydrogens (tertiary/aromatic N) is 3. The predicted molar refractivity (Wildman–Crippen MR) is 424 cm³/mol. The van der Waals surface area contributed by atoms with Gasteiger partial charge in [0.25, 0.3) is 6.71 Å². The minimum atomic E-state index is -0.0835. The molecule has 99 heavy (non-hydrogen) atoms. The lowest BCUT2D eigenvalue weighted by Gasteiger charge is -2.45. The van der Waals surface area contributed by atoms with Crippen LogP contribution >= 0.6 is 0 Å². The monoisotopic (exact) mass is 1270 g/mol. The molecule has 0 unspecified atom stereocenters. The molecular formula is C95H72BN3. The summed E-state index contributed by atoms with van der Waals surface area (Å²) in [5.74, 6) is 0. The van der Waals surface area contributed by atoms with E-state index in [1.807, 2.05) is 0 Å². The van der Waals surface area contributed by atoms with Crippen molar-refractivity contribution in [3.05, 3.63) is 338 Å². The highest BCUT2D eigenvalue weighted by molar-refractivity contribution is 7.00. The number of hydrogen-bond acceptors (Lipinski definition) is 2. The third kappa shape index (κ3) is 9.86. The molecule has 17 aromatic rings. The van der Waals surface area contributed by atoms with Gasteiger partial charge in [-0.05, 0) is 211 Å². The van der Waals surface area contributed by atoms with Crippen LogP contribution in [0.3, 0.4) is 0 Å². The first-order valence-corrected chi connectivity index (χ1v) is 35.3. The van der Waals surface area contributed by atoms with E-state index in [0.29, 0.717) is 0 Å². The number of anilines is 4. The van der Waals surface area contributed by atoms with Crippen LogP contribution in [-0.2, 0) is 19.3 Å². The van der Waals surface area contributed by atoms with E-state index in [2.05, 4.69) is 357 Å². The Morgan fingerprint density at radius 3 is 1.21 bits per heavy atom. The van der Waals surface area contributed by atoms with E-state index in [0.717, 1.165) is 38.0 Å². The second-order valence-corrected chi connectivity index (χ2v) is 28.7. The zero-order valence-electron chi connectivity index (χ0n) is 56.1. The summed E-state index contributed by atoms with van der Waals surface area (Å²) in [5.41, 5.74) is 29.1. The van der Waals surface area contributed by atoms with Crippen LogP contribution in [0.2, 0.25) is 0 Å². The Hall–Kier alpha value is -11.7. The van der Waals surface area contributed by atoms with Crippen LogP contribution in [0.15, 0.2) is 322 Å². The quantitative estimate of drug-likeness (QED) is 0.0648. The summed E-state index contributed by atoms with van der Waals surface area (Å²) < 4.78 is 2.51. The van der Waals surface area contributed by atoms with Crippen molar-refractivity contribution in [2.75, 3.05) is 22.9 Å². The van der Waals surface area contributed by atoms with E-state index < -0.39 is 0 Å². The molecule has 19 rings (SSSR count). The first-order valence-electron chi connectivity index (χ1n) is 35.3. The summed E-state index contributed by atoms with van der Waals surface area (Å²) in [6, 6.07) is 122. The van der Waals surface area contributed by atoms with E-state index >= 15 is 0 Å². The van der Waals surface area contributed by atoms with Gasteiger partial charge in [-0.25, -0.2) is 0 Å². The van der Waals surface area contributed by atoms with Crippen LogP contribution in [0.5, 0.6) is 0 Å². The molecule has 0 aliphatic carbocycles. The van der Waals surface area contributed by atoms with E-state index in [4.69, 9.17) is 0 Å². The first-order chi connectivity index (χ1) is 48.7. The van der Waals surface area contributed by atoms with Crippen molar-refractivity contribution in [3.63, 3.8) is 0 Å². The Morgan fingerprint density at radius 2 is 0.717 bits per heavy atom. The lowest BCUT2D eigenvalue weighted by molar-refractivity contribution is 0.411. The molecule has 0 spiro atoms. The molecule has 2 aliphatic rings. The maximum absolute atomic E-state index is 2.77. The van der Waals surface area contributed by atoms with Gasteiger partial charge in [0.1, 0.15) is 0 Å². The fraction of sp³-hybridized carbons (Fsp3) is 0.0947. The maximum atomic E-state index is 2.77. The highest BCUT2D eigenvalue weighted by atomic mass is 15.2. The van der Waals surface area contributed by atoms with Gasteiger partial charge < -0.3 is 14.4 Å². The smallest absolute Gasteiger partial charge is 0.252 e. The van der Waals surface area contributed by atoms with Crippen molar-refractivity contribution in [2.24, 2.45) is 5.41 Å². The Morgan fingerprint density at radius 1 is 0.303 bits per heavy atom. The summed E-state index contributed by atoms with van der Waals surface area (Å²) in [6.07, 6.45) is 2.51. The van der Waals surface area contributed by atoms with Crippen LogP contribution in [0, 0.1) is 5.41 Å². The van der Waals surface area contributed by atoms with Gasteiger partial charge in [-0.2, -0.15) is 0 Å². The molecule has 0 saturated heterocycles. The molecule has 0 fully saturated rings. The second-order valence-electron chi connectivity index (χ2n) is 28.7. The van der Waals surface area contributed by atoms with Crippen molar-refractivity contribution >= 4 is 111 Å². The summed E-state index contributed by atoms with van der Waals surface area (Å²) in [6.45, 7) is 8.62. The highest BCUT2D eigenvalue weighted by Gasteiger charge is 2.43. The Labute approximate surface area is 579 Å². The number of fused-ring (bicyclic) bond motifs is 9. The topological polar surface area (TPSA) is 11.4 Å². The van der Waals surface area contributed by atoms with Gasteiger partial charge >= 0.3 is 0 Å². The molecule has 470 valence electrons. The van der Waals surface area contributed by atoms with Crippen molar-refractivity contribution in [2.45, 2.75) is 40.0 Å². The third-order valence-electron chi connectivity index (χ3n) is 21.5. The zero-order chi connectivity index (χ0) is 65.9. The molecule has 0 bridgehead atoms. The lowest BCUT2D eigenvalue weighted by Crippen LogP contribution is -2.62. The standard InChI is InChI=1S/C95H72BN3/c1-95(2,3)61-62-55-90-94-91(56-62)98(54-52-77-74(65-29-12-6-13-30-65)40-24-41-75(77)66-31-14-7-15-32-66)89-60-71(99-86-45-18-16-36-78(86)79-37-17-19-46-87(79)99)48-50-85(89)96(94)84-49-47-68(70-57-69-35-22-43-81-80-42-20-33-67-34-21-44-82(92(67)80)83(58-70)93(69)81)59-88(84)97(90)53-51-76-72(63-25-8-4-9-26-63)38-23-39-73(76)64-27-10-5-11-28-64/h4-50,55-60H,51-54,61H2,1-3H3. The molecule has 2 aliphatic heterocycles. The van der Waals surface area contributed by atoms with Crippen molar-refractivity contribution in [1.29, 1.82) is 0 Å². The fourth-order valence-electron chi connectivity index (χ4n) is 17.4. The van der Waals surface area contributed by atoms with Crippen LogP contribution in [0.25, 0.3) is 126 Å². The predicted octanol–water partition coefficient (Wildman–Crippen LogP) is 22.7. The lowest BCUT2D eigenvalue weighted by atomic mass is 9.33. The number of rotatable bonds is 13. The highest BCUT2D eigenvalue weighted by Crippen LogP contribution is 2.47. The summed E-state index contributed by atoms with van der Waals surface area (Å²) in [4.78, 5) is 5.53. The van der Waals surface area contributed by atoms with E-state index in [-0.39, 0.29) is 12.1 Å². The van der Waals surface area contributed by atoms with Gasteiger partial charge in [-0.15, -0.1) is 0 Å². The average Bonchev–Trinajstić information content (AvgIpc) is 0.907. The second kappa shape index (κ2) is 23.5. The normalized spacial score (nSPS) is 12.7. The first kappa shape index (κ1) is 58.6. The number of benzene rings is 16. The zero-order valence-corrected chi connectivity index (χ0v) is 56.1. The van der Waals surface area contributed by atoms with E-state index in [1.54, 1.807) is 0 Å². The molecule has 3 heterocycles. The largest absolute Gasteiger partial charge is 0.342 e. The van der Waals surface area contributed by atoms with Gasteiger partial charge in [-0.1, -0.05) is 288 Å². The molecule has 0 amide bonds. The Bertz CT molecular complexity index is 5830. The van der Waals surface area contributed by atoms with Crippen molar-refractivity contribution < 1.29 is 0 Å². The van der Waals surface area contributed by atoms with Gasteiger partial charge in [0.15, 0.2) is 0 Å². The number of aromatic nitrogens is 1. The number of hydrogen-bond donors (Lipinski definition) is 0. The fourth-order valence-corrected chi connectivity index (χ4v) is 17.4. The minimum absolute atomic E-state index is 0.00840. The average molecular weight is 1270 g/mol. The Balaban J connectivity index is 0.865. The van der Waals surface area contributed by atoms with Crippen molar-refractivity contribution in [1.82, 2.24) is 4.57 Å². The summed E-state index contributed by atoms with van der Waals surface area (Å²) in [7, 11) is 0. The van der Waals surface area contributed by atoms with Crippen LogP contribution in [0.1, 0.15) is 37.5 Å². The molecule has 0 saturated carbocycles. The SMILES string of the molecule is CC(C)(C)Cc1cc2c3c(c1)N(CCc1c(-c4ccccc4)cccc1-c1ccccc1)c1cc(-n4c5ccccc5c5ccccc54)ccc1B3c1ccc(-c3cc4cccc5c6cccc7cccc(c(c3)c45)c76)cc1N2CCc1c(-c2ccccc2)cccc1-c1ccccc1. The summed E-state index contributed by atoms with van der Waals surface area (Å²) >= 11 is 0. The van der Waals surface area contributed by atoms with Gasteiger partial charge in [0.2, 0.25) is 0 Å². The van der Waals surface area contributed by atoms with Crippen LogP contribution < -0.4 is 26.2 Å². The van der Waals surface area contributed by atoms with E-state index in [1.165, 1.54) is 176 Å². The molecule has 3 nitrogen and oxygen atoms in total. The van der Waals surface area contributed by atoms with Gasteiger partial charge in [0, 0.05) is 52.3 Å². The Kier molecular flexibility index (Phi) is 13.9. The molecule has 0 atom stereocenters. The molecule has 0 N–H and O–H groups in total. The molecular weight excluding hydrogens is 1190 g/mol. The molecule has 0 radical (unpaired) electrons.